The molecule has 2 aromatic carbocycles. The SMILES string of the molecule is O=C1N=NC(Nc2ccccc2)=C1Sc1ccccc1. The van der Waals surface area contributed by atoms with Crippen molar-refractivity contribution in [2.45, 2.75) is 4.90 Å². The molecule has 1 amide bonds. The first-order valence-electron chi connectivity index (χ1n) is 6.08. The average molecular weight is 281 g/mol. The van der Waals surface area contributed by atoms with E-state index in [9.17, 15) is 4.79 Å². The molecule has 2 aromatic rings. The van der Waals surface area contributed by atoms with Gasteiger partial charge in [0.2, 0.25) is 0 Å². The smallest absolute Gasteiger partial charge is 0.306 e. The van der Waals surface area contributed by atoms with Crippen LogP contribution in [0.1, 0.15) is 0 Å². The number of carbonyl (C=O) groups excluding carboxylic acids is 1. The van der Waals surface area contributed by atoms with E-state index in [1.165, 1.54) is 11.8 Å². The van der Waals surface area contributed by atoms with Gasteiger partial charge < -0.3 is 5.32 Å². The van der Waals surface area contributed by atoms with Gasteiger partial charge in [0, 0.05) is 10.6 Å². The number of benzene rings is 2. The van der Waals surface area contributed by atoms with Gasteiger partial charge in [-0.1, -0.05) is 48.2 Å². The Balaban J connectivity index is 1.86. The molecule has 98 valence electrons. The van der Waals surface area contributed by atoms with E-state index in [0.717, 1.165) is 10.6 Å². The lowest BCUT2D eigenvalue weighted by Gasteiger charge is -2.06. The second kappa shape index (κ2) is 5.71. The highest BCUT2D eigenvalue weighted by atomic mass is 32.2. The Morgan fingerprint density at radius 2 is 1.50 bits per heavy atom. The maximum absolute atomic E-state index is 11.8. The van der Waals surface area contributed by atoms with Gasteiger partial charge in [-0.25, -0.2) is 0 Å². The summed E-state index contributed by atoms with van der Waals surface area (Å²) in [5.74, 6) is 0.187. The lowest BCUT2D eigenvalue weighted by molar-refractivity contribution is -0.113. The number of anilines is 1. The Labute approximate surface area is 120 Å². The van der Waals surface area contributed by atoms with Gasteiger partial charge >= 0.3 is 5.91 Å². The van der Waals surface area contributed by atoms with Gasteiger partial charge in [0.1, 0.15) is 4.91 Å². The van der Waals surface area contributed by atoms with Crippen LogP contribution in [0.2, 0.25) is 0 Å². The van der Waals surface area contributed by atoms with E-state index in [1.54, 1.807) is 0 Å². The van der Waals surface area contributed by atoms with Gasteiger partial charge in [-0.3, -0.25) is 4.79 Å². The van der Waals surface area contributed by atoms with Crippen molar-refractivity contribution >= 4 is 23.4 Å². The van der Waals surface area contributed by atoms with Gasteiger partial charge in [0.05, 0.1) is 0 Å². The number of rotatable bonds is 4. The zero-order valence-corrected chi connectivity index (χ0v) is 11.3. The molecule has 0 bridgehead atoms. The Morgan fingerprint density at radius 3 is 2.20 bits per heavy atom. The standard InChI is InChI=1S/C15H11N3OS/c19-15-13(20-12-9-5-2-6-10-12)14(17-18-15)16-11-7-3-1-4-8-11/h1-10,16H. The molecule has 1 aliphatic heterocycles. The Bertz CT molecular complexity index is 637. The lowest BCUT2D eigenvalue weighted by atomic mass is 10.3. The average Bonchev–Trinajstić information content (AvgIpc) is 2.83. The number of azo groups is 1. The number of thioether (sulfide) groups is 1. The fourth-order valence-electron chi connectivity index (χ4n) is 1.73. The third-order valence-electron chi connectivity index (χ3n) is 2.65. The quantitative estimate of drug-likeness (QED) is 0.919. The van der Waals surface area contributed by atoms with Crippen LogP contribution in [0, 0.1) is 0 Å². The first kappa shape index (κ1) is 12.6. The number of carbonyl (C=O) groups is 1. The van der Waals surface area contributed by atoms with Crippen molar-refractivity contribution in [2.75, 3.05) is 5.32 Å². The summed E-state index contributed by atoms with van der Waals surface area (Å²) >= 11 is 1.37. The summed E-state index contributed by atoms with van der Waals surface area (Å²) in [6.45, 7) is 0. The highest BCUT2D eigenvalue weighted by molar-refractivity contribution is 8.04. The predicted octanol–water partition coefficient (Wildman–Crippen LogP) is 4.05. The summed E-state index contributed by atoms with van der Waals surface area (Å²) in [4.78, 5) is 13.3. The molecule has 0 aliphatic carbocycles. The topological polar surface area (TPSA) is 53.8 Å². The molecular weight excluding hydrogens is 270 g/mol. The van der Waals surface area contributed by atoms with E-state index in [1.807, 2.05) is 60.7 Å². The molecule has 4 nitrogen and oxygen atoms in total. The van der Waals surface area contributed by atoms with Gasteiger partial charge in [-0.15, -0.1) is 10.2 Å². The highest BCUT2D eigenvalue weighted by Gasteiger charge is 2.22. The first-order chi connectivity index (χ1) is 9.83. The van der Waals surface area contributed by atoms with Crippen molar-refractivity contribution in [1.29, 1.82) is 0 Å². The molecule has 1 heterocycles. The van der Waals surface area contributed by atoms with Gasteiger partial charge in [-0.05, 0) is 24.3 Å². The molecule has 20 heavy (non-hydrogen) atoms. The van der Waals surface area contributed by atoms with Crippen LogP contribution in [0.5, 0.6) is 0 Å². The molecule has 0 aromatic heterocycles. The van der Waals surface area contributed by atoms with Gasteiger partial charge in [0.15, 0.2) is 5.82 Å². The zero-order chi connectivity index (χ0) is 13.8. The van der Waals surface area contributed by atoms with E-state index in [0.29, 0.717) is 10.7 Å². The number of para-hydroxylation sites is 1. The van der Waals surface area contributed by atoms with E-state index < -0.39 is 0 Å². The van der Waals surface area contributed by atoms with E-state index in [2.05, 4.69) is 15.5 Å². The normalized spacial score (nSPS) is 13.9. The summed E-state index contributed by atoms with van der Waals surface area (Å²) in [5, 5.41) is 10.7. The second-order valence-corrected chi connectivity index (χ2v) is 5.17. The summed E-state index contributed by atoms with van der Waals surface area (Å²) in [6, 6.07) is 19.3. The third-order valence-corrected chi connectivity index (χ3v) is 3.73. The minimum absolute atomic E-state index is 0.308. The molecule has 0 unspecified atom stereocenters. The van der Waals surface area contributed by atoms with Crippen LogP contribution >= 0.6 is 11.8 Å². The lowest BCUT2D eigenvalue weighted by Crippen LogP contribution is -2.00. The number of hydrogen-bond acceptors (Lipinski definition) is 4. The minimum Gasteiger partial charge on any atom is -0.338 e. The maximum atomic E-state index is 11.8. The third kappa shape index (κ3) is 2.78. The Morgan fingerprint density at radius 1 is 0.850 bits per heavy atom. The Kier molecular flexibility index (Phi) is 3.60. The van der Waals surface area contributed by atoms with Crippen molar-refractivity contribution in [3.63, 3.8) is 0 Å². The molecular formula is C15H11N3OS. The number of amides is 1. The fraction of sp³-hybridized carbons (Fsp3) is 0. The highest BCUT2D eigenvalue weighted by Crippen LogP contribution is 2.33. The molecule has 0 radical (unpaired) electrons. The molecule has 0 fully saturated rings. The van der Waals surface area contributed by atoms with Crippen LogP contribution in [0.25, 0.3) is 0 Å². The second-order valence-electron chi connectivity index (χ2n) is 4.09. The summed E-state index contributed by atoms with van der Waals surface area (Å²) < 4.78 is 0. The van der Waals surface area contributed by atoms with Crippen LogP contribution in [-0.4, -0.2) is 5.91 Å². The summed E-state index contributed by atoms with van der Waals surface area (Å²) in [6.07, 6.45) is 0. The monoisotopic (exact) mass is 281 g/mol. The molecule has 0 saturated heterocycles. The first-order valence-corrected chi connectivity index (χ1v) is 6.90. The number of nitrogens with one attached hydrogen (secondary N) is 1. The van der Waals surface area contributed by atoms with Crippen molar-refractivity contribution in [1.82, 2.24) is 0 Å². The van der Waals surface area contributed by atoms with Gasteiger partial charge in [-0.2, -0.15) is 0 Å². The Hall–Kier alpha value is -2.40. The molecule has 3 rings (SSSR count). The molecule has 1 N–H and O–H groups in total. The maximum Gasteiger partial charge on any atom is 0.306 e. The van der Waals surface area contributed by atoms with Crippen LogP contribution in [0.4, 0.5) is 5.69 Å². The van der Waals surface area contributed by atoms with E-state index in [-0.39, 0.29) is 5.91 Å². The van der Waals surface area contributed by atoms with Gasteiger partial charge in [0.25, 0.3) is 0 Å². The summed E-state index contributed by atoms with van der Waals surface area (Å²) in [5.41, 5.74) is 0.877. The predicted molar refractivity (Wildman–Crippen MR) is 79.3 cm³/mol. The van der Waals surface area contributed by atoms with Crippen molar-refractivity contribution in [3.8, 4) is 0 Å². The zero-order valence-electron chi connectivity index (χ0n) is 10.5. The molecule has 0 spiro atoms. The van der Waals surface area contributed by atoms with Crippen molar-refractivity contribution in [3.05, 3.63) is 71.4 Å². The molecule has 0 atom stereocenters. The number of nitrogens with zero attached hydrogens (tertiary/aromatic N) is 2. The van der Waals surface area contributed by atoms with Crippen LogP contribution in [0.15, 0.2) is 86.5 Å². The van der Waals surface area contributed by atoms with Crippen LogP contribution in [-0.2, 0) is 4.79 Å². The summed E-state index contributed by atoms with van der Waals surface area (Å²) in [7, 11) is 0. The molecule has 5 heteroatoms. The molecule has 0 saturated carbocycles. The largest absolute Gasteiger partial charge is 0.338 e. The number of hydrogen-bond donors (Lipinski definition) is 1. The van der Waals surface area contributed by atoms with Crippen molar-refractivity contribution < 1.29 is 4.79 Å². The fourth-order valence-corrected chi connectivity index (χ4v) is 2.57. The minimum atomic E-state index is -0.308. The van der Waals surface area contributed by atoms with Crippen LogP contribution in [0.3, 0.4) is 0 Å². The van der Waals surface area contributed by atoms with E-state index in [4.69, 9.17) is 0 Å². The molecule has 1 aliphatic rings. The van der Waals surface area contributed by atoms with Crippen LogP contribution < -0.4 is 5.32 Å². The van der Waals surface area contributed by atoms with Crippen molar-refractivity contribution in [2.24, 2.45) is 10.2 Å². The van der Waals surface area contributed by atoms with E-state index >= 15 is 0 Å².